The van der Waals surface area contributed by atoms with Gasteiger partial charge in [0.25, 0.3) is 0 Å². The van der Waals surface area contributed by atoms with Crippen LogP contribution in [0.5, 0.6) is 5.75 Å². The van der Waals surface area contributed by atoms with Crippen LogP contribution in [0.4, 0.5) is 0 Å². The highest BCUT2D eigenvalue weighted by atomic mass is 35.5. The molecule has 0 spiro atoms. The first-order valence-corrected chi connectivity index (χ1v) is 6.17. The number of nitrogens with two attached hydrogens (primary N) is 1. The van der Waals surface area contributed by atoms with Gasteiger partial charge in [-0.2, -0.15) is 0 Å². The molecule has 0 aromatic heterocycles. The van der Waals surface area contributed by atoms with Crippen LogP contribution in [0.3, 0.4) is 0 Å². The fraction of sp³-hybridized carbons (Fsp3) is 0.200. The maximum absolute atomic E-state index is 6.22. The quantitative estimate of drug-likeness (QED) is 0.921. The number of methoxy groups -OCH3 is 1. The standard InChI is InChI=1S/C15H16ClNO.ClH/c1-10-7-11(8-12(9-17)15(10)18-2)13-5-3-4-6-14(13)16;/h3-8H,9,17H2,1-2H3;1H. The molecule has 2 N–H and O–H groups in total. The van der Waals surface area contributed by atoms with E-state index in [4.69, 9.17) is 22.1 Å². The van der Waals surface area contributed by atoms with Crippen LogP contribution in [0.25, 0.3) is 11.1 Å². The Bertz CT molecular complexity index is 570. The number of rotatable bonds is 3. The van der Waals surface area contributed by atoms with Crippen molar-refractivity contribution in [2.75, 3.05) is 7.11 Å². The van der Waals surface area contributed by atoms with E-state index >= 15 is 0 Å². The van der Waals surface area contributed by atoms with Gasteiger partial charge in [0.05, 0.1) is 7.11 Å². The normalized spacial score (nSPS) is 9.89. The summed E-state index contributed by atoms with van der Waals surface area (Å²) in [7, 11) is 1.66. The lowest BCUT2D eigenvalue weighted by Gasteiger charge is -2.13. The van der Waals surface area contributed by atoms with Crippen molar-refractivity contribution in [1.82, 2.24) is 0 Å². The molecule has 0 fully saturated rings. The molecule has 0 atom stereocenters. The SMILES string of the molecule is COc1c(C)cc(-c2ccccc2Cl)cc1CN.Cl. The van der Waals surface area contributed by atoms with Crippen molar-refractivity contribution in [3.05, 3.63) is 52.5 Å². The zero-order chi connectivity index (χ0) is 13.1. The van der Waals surface area contributed by atoms with E-state index in [9.17, 15) is 0 Å². The molecule has 2 aromatic rings. The molecule has 0 saturated heterocycles. The largest absolute Gasteiger partial charge is 0.496 e. The fourth-order valence-corrected chi connectivity index (χ4v) is 2.39. The number of hydrogen-bond donors (Lipinski definition) is 1. The first-order chi connectivity index (χ1) is 8.67. The van der Waals surface area contributed by atoms with Gasteiger partial charge >= 0.3 is 0 Å². The van der Waals surface area contributed by atoms with Crippen molar-refractivity contribution in [2.45, 2.75) is 13.5 Å². The smallest absolute Gasteiger partial charge is 0.126 e. The highest BCUT2D eigenvalue weighted by Gasteiger charge is 2.10. The minimum absolute atomic E-state index is 0. The van der Waals surface area contributed by atoms with Crippen molar-refractivity contribution in [3.63, 3.8) is 0 Å². The van der Waals surface area contributed by atoms with Crippen molar-refractivity contribution in [2.24, 2.45) is 5.73 Å². The third-order valence-electron chi connectivity index (χ3n) is 2.96. The molecule has 102 valence electrons. The van der Waals surface area contributed by atoms with Crippen LogP contribution in [-0.2, 0) is 6.54 Å². The Hall–Kier alpha value is -1.22. The first kappa shape index (κ1) is 15.8. The van der Waals surface area contributed by atoms with Crippen LogP contribution in [0, 0.1) is 6.92 Å². The molecule has 0 aliphatic heterocycles. The van der Waals surface area contributed by atoms with Gasteiger partial charge < -0.3 is 10.5 Å². The Kier molecular flexibility index (Phi) is 5.67. The molecule has 2 aromatic carbocycles. The van der Waals surface area contributed by atoms with Gasteiger partial charge in [0.2, 0.25) is 0 Å². The van der Waals surface area contributed by atoms with E-state index < -0.39 is 0 Å². The average Bonchev–Trinajstić information content (AvgIpc) is 2.38. The van der Waals surface area contributed by atoms with Gasteiger partial charge in [-0.25, -0.2) is 0 Å². The Morgan fingerprint density at radius 1 is 1.21 bits per heavy atom. The van der Waals surface area contributed by atoms with E-state index in [1.54, 1.807) is 7.11 Å². The number of benzene rings is 2. The summed E-state index contributed by atoms with van der Waals surface area (Å²) in [4.78, 5) is 0. The summed E-state index contributed by atoms with van der Waals surface area (Å²) in [6.07, 6.45) is 0. The molecule has 19 heavy (non-hydrogen) atoms. The van der Waals surface area contributed by atoms with E-state index in [-0.39, 0.29) is 12.4 Å². The maximum Gasteiger partial charge on any atom is 0.126 e. The average molecular weight is 298 g/mol. The highest BCUT2D eigenvalue weighted by molar-refractivity contribution is 6.33. The van der Waals surface area contributed by atoms with Gasteiger partial charge in [0, 0.05) is 22.7 Å². The van der Waals surface area contributed by atoms with Crippen LogP contribution >= 0.6 is 24.0 Å². The second kappa shape index (κ2) is 6.80. The summed E-state index contributed by atoms with van der Waals surface area (Å²) < 4.78 is 5.38. The third-order valence-corrected chi connectivity index (χ3v) is 3.29. The summed E-state index contributed by atoms with van der Waals surface area (Å²) in [5, 5.41) is 0.741. The molecule has 0 radical (unpaired) electrons. The highest BCUT2D eigenvalue weighted by Crippen LogP contribution is 2.33. The molecule has 0 bridgehead atoms. The van der Waals surface area contributed by atoms with Gasteiger partial charge in [0.15, 0.2) is 0 Å². The number of halogens is 2. The van der Waals surface area contributed by atoms with Crippen molar-refractivity contribution < 1.29 is 4.74 Å². The van der Waals surface area contributed by atoms with E-state index in [2.05, 4.69) is 6.07 Å². The van der Waals surface area contributed by atoms with E-state index in [1.165, 1.54) is 0 Å². The Balaban J connectivity index is 0.00000180. The molecule has 2 rings (SSSR count). The van der Waals surface area contributed by atoms with Crippen LogP contribution in [-0.4, -0.2) is 7.11 Å². The van der Waals surface area contributed by atoms with Gasteiger partial charge in [0.1, 0.15) is 5.75 Å². The number of ether oxygens (including phenoxy) is 1. The van der Waals surface area contributed by atoms with E-state index in [0.717, 1.165) is 33.0 Å². The summed E-state index contributed by atoms with van der Waals surface area (Å²) in [5.41, 5.74) is 9.91. The number of aryl methyl sites for hydroxylation is 1. The van der Waals surface area contributed by atoms with Crippen LogP contribution in [0.2, 0.25) is 5.02 Å². The maximum atomic E-state index is 6.22. The summed E-state index contributed by atoms with van der Waals surface area (Å²) in [5.74, 6) is 0.855. The van der Waals surface area contributed by atoms with E-state index in [1.807, 2.05) is 37.3 Å². The molecule has 4 heteroatoms. The summed E-state index contributed by atoms with van der Waals surface area (Å²) >= 11 is 6.22. The number of hydrogen-bond acceptors (Lipinski definition) is 2. The Morgan fingerprint density at radius 3 is 2.47 bits per heavy atom. The van der Waals surface area contributed by atoms with Crippen LogP contribution in [0.15, 0.2) is 36.4 Å². The van der Waals surface area contributed by atoms with E-state index in [0.29, 0.717) is 6.54 Å². The lowest BCUT2D eigenvalue weighted by molar-refractivity contribution is 0.407. The second-order valence-corrected chi connectivity index (χ2v) is 4.58. The van der Waals surface area contributed by atoms with Gasteiger partial charge in [-0.05, 0) is 36.2 Å². The Labute approximate surface area is 124 Å². The molecule has 0 unspecified atom stereocenters. The predicted octanol–water partition coefficient (Wildman–Crippen LogP) is 4.20. The first-order valence-electron chi connectivity index (χ1n) is 5.80. The Morgan fingerprint density at radius 2 is 1.89 bits per heavy atom. The van der Waals surface area contributed by atoms with Gasteiger partial charge in [-0.3, -0.25) is 0 Å². The summed E-state index contributed by atoms with van der Waals surface area (Å²) in [6, 6.07) is 11.9. The second-order valence-electron chi connectivity index (χ2n) is 4.17. The monoisotopic (exact) mass is 297 g/mol. The lowest BCUT2D eigenvalue weighted by atomic mass is 9.99. The van der Waals surface area contributed by atoms with Crippen LogP contribution in [0.1, 0.15) is 11.1 Å². The van der Waals surface area contributed by atoms with Gasteiger partial charge in [-0.1, -0.05) is 29.8 Å². The molecule has 0 aliphatic rings. The predicted molar refractivity (Wildman–Crippen MR) is 83.3 cm³/mol. The van der Waals surface area contributed by atoms with Crippen molar-refractivity contribution in [3.8, 4) is 16.9 Å². The minimum atomic E-state index is 0. The molecule has 0 saturated carbocycles. The zero-order valence-electron chi connectivity index (χ0n) is 10.9. The molecule has 2 nitrogen and oxygen atoms in total. The lowest BCUT2D eigenvalue weighted by Crippen LogP contribution is -2.02. The fourth-order valence-electron chi connectivity index (χ4n) is 2.14. The molecule has 0 amide bonds. The molecule has 0 aliphatic carbocycles. The third kappa shape index (κ3) is 3.21. The zero-order valence-corrected chi connectivity index (χ0v) is 12.5. The minimum Gasteiger partial charge on any atom is -0.496 e. The van der Waals surface area contributed by atoms with Crippen LogP contribution < -0.4 is 10.5 Å². The van der Waals surface area contributed by atoms with Crippen molar-refractivity contribution in [1.29, 1.82) is 0 Å². The topological polar surface area (TPSA) is 35.2 Å². The molecular formula is C15H17Cl2NO. The molecule has 0 heterocycles. The molecular weight excluding hydrogens is 281 g/mol. The van der Waals surface area contributed by atoms with Gasteiger partial charge in [-0.15, -0.1) is 12.4 Å². The van der Waals surface area contributed by atoms with Crippen molar-refractivity contribution >= 4 is 24.0 Å². The summed E-state index contributed by atoms with van der Waals surface area (Å²) in [6.45, 7) is 2.46.